The third-order valence-corrected chi connectivity index (χ3v) is 5.14. The summed E-state index contributed by atoms with van der Waals surface area (Å²) < 4.78 is 0.972. The van der Waals surface area contributed by atoms with Gasteiger partial charge in [0.1, 0.15) is 0 Å². The van der Waals surface area contributed by atoms with Gasteiger partial charge in [0.25, 0.3) is 0 Å². The van der Waals surface area contributed by atoms with Gasteiger partial charge >= 0.3 is 0 Å². The quantitative estimate of drug-likeness (QED) is 0.814. The van der Waals surface area contributed by atoms with Crippen LogP contribution in [0.15, 0.2) is 34.1 Å². The standard InChI is InChI=1S/C13H12BrCl2NOS/c14-12-4-3-11(19-12)13(18)9(6-17)8-2-1-7(15)5-10(8)16/h1-5,9,13,18H,6,17H2. The van der Waals surface area contributed by atoms with Crippen molar-refractivity contribution in [3.63, 3.8) is 0 Å². The Labute approximate surface area is 134 Å². The van der Waals surface area contributed by atoms with Crippen molar-refractivity contribution in [3.8, 4) is 0 Å². The third-order valence-electron chi connectivity index (χ3n) is 2.88. The molecule has 102 valence electrons. The number of thiophene rings is 1. The van der Waals surface area contributed by atoms with Crippen molar-refractivity contribution in [2.24, 2.45) is 5.73 Å². The number of nitrogens with two attached hydrogens (primary N) is 1. The third kappa shape index (κ3) is 3.51. The fourth-order valence-corrected chi connectivity index (χ4v) is 3.94. The summed E-state index contributed by atoms with van der Waals surface area (Å²) in [7, 11) is 0. The number of aliphatic hydroxyl groups excluding tert-OH is 1. The minimum absolute atomic E-state index is 0.254. The first-order valence-corrected chi connectivity index (χ1v) is 7.97. The highest BCUT2D eigenvalue weighted by molar-refractivity contribution is 9.11. The molecule has 0 spiro atoms. The summed E-state index contributed by atoms with van der Waals surface area (Å²) in [5, 5.41) is 11.6. The maximum atomic E-state index is 10.5. The number of halogens is 3. The molecule has 0 aliphatic rings. The largest absolute Gasteiger partial charge is 0.387 e. The van der Waals surface area contributed by atoms with E-state index in [-0.39, 0.29) is 5.92 Å². The highest BCUT2D eigenvalue weighted by atomic mass is 79.9. The molecular weight excluding hydrogens is 369 g/mol. The van der Waals surface area contributed by atoms with Crippen LogP contribution < -0.4 is 5.73 Å². The van der Waals surface area contributed by atoms with Crippen LogP contribution in [-0.4, -0.2) is 11.7 Å². The van der Waals surface area contributed by atoms with Crippen LogP contribution in [0.4, 0.5) is 0 Å². The van der Waals surface area contributed by atoms with Gasteiger partial charge in [-0.3, -0.25) is 0 Å². The number of hydrogen-bond donors (Lipinski definition) is 2. The summed E-state index contributed by atoms with van der Waals surface area (Å²) in [4.78, 5) is 0.855. The van der Waals surface area contributed by atoms with Crippen LogP contribution in [0.1, 0.15) is 22.5 Å². The molecule has 2 unspecified atom stereocenters. The van der Waals surface area contributed by atoms with Crippen LogP contribution in [0.25, 0.3) is 0 Å². The van der Waals surface area contributed by atoms with E-state index in [0.29, 0.717) is 16.6 Å². The molecule has 0 bridgehead atoms. The van der Waals surface area contributed by atoms with Crippen LogP contribution >= 0.6 is 50.5 Å². The van der Waals surface area contributed by atoms with E-state index in [9.17, 15) is 5.11 Å². The molecule has 2 aromatic rings. The van der Waals surface area contributed by atoms with Crippen LogP contribution in [0, 0.1) is 0 Å². The Balaban J connectivity index is 2.33. The number of benzene rings is 1. The Hall–Kier alpha value is -0.100. The molecule has 19 heavy (non-hydrogen) atoms. The topological polar surface area (TPSA) is 46.2 Å². The Bertz CT molecular complexity index is 576. The van der Waals surface area contributed by atoms with Gasteiger partial charge in [0.15, 0.2) is 0 Å². The molecule has 0 radical (unpaired) electrons. The Morgan fingerprint density at radius 3 is 2.53 bits per heavy atom. The molecule has 2 atom stereocenters. The number of aliphatic hydroxyl groups is 1. The van der Waals surface area contributed by atoms with Crippen LogP contribution in [0.2, 0.25) is 10.0 Å². The fourth-order valence-electron chi connectivity index (χ4n) is 1.91. The lowest BCUT2D eigenvalue weighted by molar-refractivity contribution is 0.151. The molecule has 1 heterocycles. The molecule has 1 aromatic heterocycles. The molecule has 2 nitrogen and oxygen atoms in total. The average molecular weight is 381 g/mol. The minimum Gasteiger partial charge on any atom is -0.387 e. The first-order valence-electron chi connectivity index (χ1n) is 5.61. The molecule has 3 N–H and O–H groups in total. The molecule has 1 aromatic carbocycles. The lowest BCUT2D eigenvalue weighted by Gasteiger charge is -2.22. The number of hydrogen-bond acceptors (Lipinski definition) is 3. The fraction of sp³-hybridized carbons (Fsp3) is 0.231. The average Bonchev–Trinajstić information content (AvgIpc) is 2.79. The van der Waals surface area contributed by atoms with Gasteiger partial charge in [0.2, 0.25) is 0 Å². The Kier molecular flexibility index (Phi) is 5.29. The van der Waals surface area contributed by atoms with Crippen molar-refractivity contribution in [3.05, 3.63) is 54.6 Å². The molecule has 0 aliphatic heterocycles. The zero-order chi connectivity index (χ0) is 14.0. The maximum Gasteiger partial charge on any atom is 0.0963 e. The van der Waals surface area contributed by atoms with E-state index >= 15 is 0 Å². The van der Waals surface area contributed by atoms with E-state index in [1.165, 1.54) is 11.3 Å². The second-order valence-corrected chi connectivity index (χ2v) is 7.43. The SMILES string of the molecule is NCC(c1ccc(Cl)cc1Cl)C(O)c1ccc(Br)s1. The van der Waals surface area contributed by atoms with Crippen LogP contribution in [-0.2, 0) is 0 Å². The highest BCUT2D eigenvalue weighted by Gasteiger charge is 2.24. The molecule has 0 amide bonds. The maximum absolute atomic E-state index is 10.5. The summed E-state index contributed by atoms with van der Waals surface area (Å²) in [6, 6.07) is 9.01. The Morgan fingerprint density at radius 2 is 2.00 bits per heavy atom. The first kappa shape index (κ1) is 15.3. The summed E-state index contributed by atoms with van der Waals surface area (Å²) in [5.41, 5.74) is 6.61. The predicted octanol–water partition coefficient (Wildman–Crippen LogP) is 4.59. The van der Waals surface area contributed by atoms with Gasteiger partial charge in [-0.05, 0) is 45.8 Å². The summed E-state index contributed by atoms with van der Waals surface area (Å²) >= 11 is 16.9. The van der Waals surface area contributed by atoms with Gasteiger partial charge in [-0.2, -0.15) is 0 Å². The van der Waals surface area contributed by atoms with Crippen molar-refractivity contribution >= 4 is 50.5 Å². The smallest absolute Gasteiger partial charge is 0.0963 e. The van der Waals surface area contributed by atoms with Gasteiger partial charge < -0.3 is 10.8 Å². The van der Waals surface area contributed by atoms with Gasteiger partial charge in [0, 0.05) is 27.4 Å². The highest BCUT2D eigenvalue weighted by Crippen LogP contribution is 2.38. The van der Waals surface area contributed by atoms with E-state index in [4.69, 9.17) is 28.9 Å². The van der Waals surface area contributed by atoms with E-state index < -0.39 is 6.10 Å². The van der Waals surface area contributed by atoms with E-state index in [1.54, 1.807) is 12.1 Å². The van der Waals surface area contributed by atoms with E-state index in [1.807, 2.05) is 18.2 Å². The summed E-state index contributed by atoms with van der Waals surface area (Å²) in [6.45, 7) is 0.304. The molecular formula is C13H12BrCl2NOS. The predicted molar refractivity (Wildman–Crippen MR) is 85.2 cm³/mol. The normalized spacial score (nSPS) is 14.4. The molecule has 0 fully saturated rings. The lowest BCUT2D eigenvalue weighted by Crippen LogP contribution is -2.20. The van der Waals surface area contributed by atoms with E-state index in [2.05, 4.69) is 15.9 Å². The monoisotopic (exact) mass is 379 g/mol. The van der Waals surface area contributed by atoms with E-state index in [0.717, 1.165) is 14.2 Å². The van der Waals surface area contributed by atoms with Crippen molar-refractivity contribution < 1.29 is 5.11 Å². The summed E-state index contributed by atoms with van der Waals surface area (Å²) in [6.07, 6.45) is -0.681. The second kappa shape index (κ2) is 6.57. The van der Waals surface area contributed by atoms with Gasteiger partial charge in [-0.25, -0.2) is 0 Å². The van der Waals surface area contributed by atoms with Crippen molar-refractivity contribution in [2.75, 3.05) is 6.54 Å². The zero-order valence-corrected chi connectivity index (χ0v) is 13.7. The minimum atomic E-state index is -0.681. The van der Waals surface area contributed by atoms with Gasteiger partial charge in [0.05, 0.1) is 9.89 Å². The molecule has 0 aliphatic carbocycles. The summed E-state index contributed by atoms with van der Waals surface area (Å²) in [5.74, 6) is -0.254. The Morgan fingerprint density at radius 1 is 1.26 bits per heavy atom. The molecule has 0 saturated heterocycles. The van der Waals surface area contributed by atoms with Crippen LogP contribution in [0.3, 0.4) is 0 Å². The number of rotatable bonds is 4. The van der Waals surface area contributed by atoms with Crippen molar-refractivity contribution in [2.45, 2.75) is 12.0 Å². The van der Waals surface area contributed by atoms with Gasteiger partial charge in [-0.1, -0.05) is 29.3 Å². The molecule has 6 heteroatoms. The van der Waals surface area contributed by atoms with Gasteiger partial charge in [-0.15, -0.1) is 11.3 Å². The zero-order valence-electron chi connectivity index (χ0n) is 9.82. The van der Waals surface area contributed by atoms with Crippen molar-refractivity contribution in [1.29, 1.82) is 0 Å². The lowest BCUT2D eigenvalue weighted by atomic mass is 9.92. The molecule has 2 rings (SSSR count). The second-order valence-electron chi connectivity index (χ2n) is 4.09. The first-order chi connectivity index (χ1) is 9.02. The van der Waals surface area contributed by atoms with Crippen molar-refractivity contribution in [1.82, 2.24) is 0 Å². The van der Waals surface area contributed by atoms with Crippen LogP contribution in [0.5, 0.6) is 0 Å². The molecule has 0 saturated carbocycles.